The molecular formula is C27H23Cl2N3O6S. The first kappa shape index (κ1) is 28.3. The van der Waals surface area contributed by atoms with E-state index in [2.05, 4.69) is 15.5 Å². The van der Waals surface area contributed by atoms with Gasteiger partial charge in [-0.3, -0.25) is 9.35 Å². The molecule has 4 aromatic carbocycles. The molecule has 4 aromatic rings. The SMILES string of the molecule is CCOc1cc(Cl)cc(NC(=O)c2cc3ccccc3c(N=Nc3c(Cl)cc(CC)cc3S(=O)(=O)O)c2O)c1. The molecule has 0 bridgehead atoms. The van der Waals surface area contributed by atoms with Crippen LogP contribution in [0.2, 0.25) is 10.0 Å². The van der Waals surface area contributed by atoms with E-state index in [9.17, 15) is 22.9 Å². The molecule has 0 aliphatic heterocycles. The number of ether oxygens (including phenoxy) is 1. The quantitative estimate of drug-likeness (QED) is 0.142. The first-order valence-electron chi connectivity index (χ1n) is 11.7. The number of aryl methyl sites for hydroxylation is 1. The Morgan fingerprint density at radius 1 is 1.00 bits per heavy atom. The summed E-state index contributed by atoms with van der Waals surface area (Å²) in [7, 11) is -4.70. The smallest absolute Gasteiger partial charge is 0.296 e. The minimum atomic E-state index is -4.70. The van der Waals surface area contributed by atoms with Gasteiger partial charge in [-0.15, -0.1) is 10.2 Å². The number of phenols is 1. The van der Waals surface area contributed by atoms with Crippen molar-refractivity contribution in [3.05, 3.63) is 81.8 Å². The number of hydrogen-bond acceptors (Lipinski definition) is 7. The Kier molecular flexibility index (Phi) is 8.41. The average molecular weight is 588 g/mol. The Bertz CT molecular complexity index is 1720. The number of phenolic OH excluding ortho intramolecular Hbond substituents is 1. The summed E-state index contributed by atoms with van der Waals surface area (Å²) in [5.74, 6) is -0.710. The van der Waals surface area contributed by atoms with Crippen LogP contribution in [0.25, 0.3) is 10.8 Å². The second-order valence-electron chi connectivity index (χ2n) is 8.36. The molecule has 3 N–H and O–H groups in total. The highest BCUT2D eigenvalue weighted by atomic mass is 35.5. The summed E-state index contributed by atoms with van der Waals surface area (Å²) in [6, 6.07) is 15.8. The van der Waals surface area contributed by atoms with E-state index in [0.29, 0.717) is 45.8 Å². The van der Waals surface area contributed by atoms with Crippen LogP contribution in [0.4, 0.5) is 17.1 Å². The molecule has 0 spiro atoms. The number of anilines is 1. The number of nitrogens with zero attached hydrogens (tertiary/aromatic N) is 2. The number of hydrogen-bond donors (Lipinski definition) is 3. The van der Waals surface area contributed by atoms with Gasteiger partial charge in [0.25, 0.3) is 16.0 Å². The molecule has 0 unspecified atom stereocenters. The number of azo groups is 1. The Balaban J connectivity index is 1.82. The summed E-state index contributed by atoms with van der Waals surface area (Å²) in [5, 5.41) is 23.2. The summed E-state index contributed by atoms with van der Waals surface area (Å²) in [6.07, 6.45) is 0.459. The lowest BCUT2D eigenvalue weighted by Gasteiger charge is -2.13. The van der Waals surface area contributed by atoms with Crippen molar-refractivity contribution in [3.8, 4) is 11.5 Å². The molecule has 1 amide bonds. The molecule has 0 radical (unpaired) electrons. The van der Waals surface area contributed by atoms with Crippen LogP contribution in [-0.4, -0.2) is 30.6 Å². The van der Waals surface area contributed by atoms with Gasteiger partial charge in [-0.05, 0) is 54.6 Å². The topological polar surface area (TPSA) is 138 Å². The highest BCUT2D eigenvalue weighted by Crippen LogP contribution is 2.42. The van der Waals surface area contributed by atoms with Crippen molar-refractivity contribution in [3.63, 3.8) is 0 Å². The number of rotatable bonds is 8. The van der Waals surface area contributed by atoms with Gasteiger partial charge in [-0.25, -0.2) is 0 Å². The summed E-state index contributed by atoms with van der Waals surface area (Å²) >= 11 is 12.4. The Morgan fingerprint density at radius 2 is 1.72 bits per heavy atom. The maximum absolute atomic E-state index is 13.2. The van der Waals surface area contributed by atoms with E-state index >= 15 is 0 Å². The normalized spacial score (nSPS) is 11.7. The molecule has 0 aliphatic carbocycles. The molecule has 0 atom stereocenters. The number of aromatic hydroxyl groups is 1. The number of amides is 1. The van der Waals surface area contributed by atoms with Crippen molar-refractivity contribution in [1.29, 1.82) is 0 Å². The van der Waals surface area contributed by atoms with Crippen molar-refractivity contribution >= 4 is 67.1 Å². The zero-order valence-electron chi connectivity index (χ0n) is 20.8. The van der Waals surface area contributed by atoms with E-state index in [1.165, 1.54) is 24.3 Å². The summed E-state index contributed by atoms with van der Waals surface area (Å²) in [5.41, 5.74) is 0.371. The fourth-order valence-electron chi connectivity index (χ4n) is 3.90. The Morgan fingerprint density at radius 3 is 2.41 bits per heavy atom. The lowest BCUT2D eigenvalue weighted by Crippen LogP contribution is -2.12. The molecule has 4 rings (SSSR count). The van der Waals surface area contributed by atoms with Crippen molar-refractivity contribution in [1.82, 2.24) is 0 Å². The summed E-state index contributed by atoms with van der Waals surface area (Å²) < 4.78 is 39.3. The van der Waals surface area contributed by atoms with Crippen LogP contribution in [0.15, 0.2) is 75.8 Å². The number of fused-ring (bicyclic) bond motifs is 1. The number of halogens is 2. The van der Waals surface area contributed by atoms with E-state index in [4.69, 9.17) is 27.9 Å². The minimum absolute atomic E-state index is 0.0607. The molecule has 0 saturated heterocycles. The van der Waals surface area contributed by atoms with Gasteiger partial charge in [0.05, 0.1) is 17.2 Å². The molecule has 0 aromatic heterocycles. The number of carbonyl (C=O) groups excluding carboxylic acids is 1. The van der Waals surface area contributed by atoms with Crippen LogP contribution >= 0.6 is 23.2 Å². The molecule has 0 fully saturated rings. The summed E-state index contributed by atoms with van der Waals surface area (Å²) in [4.78, 5) is 12.7. The molecule has 39 heavy (non-hydrogen) atoms. The highest BCUT2D eigenvalue weighted by molar-refractivity contribution is 7.86. The first-order valence-corrected chi connectivity index (χ1v) is 13.9. The van der Waals surface area contributed by atoms with Crippen LogP contribution in [0, 0.1) is 0 Å². The van der Waals surface area contributed by atoms with E-state index < -0.39 is 26.7 Å². The van der Waals surface area contributed by atoms with Gasteiger partial charge in [0, 0.05) is 22.2 Å². The Labute approximate surface area is 234 Å². The Hall–Kier alpha value is -3.70. The fraction of sp³-hybridized carbons (Fsp3) is 0.148. The van der Waals surface area contributed by atoms with Gasteiger partial charge in [0.1, 0.15) is 22.0 Å². The van der Waals surface area contributed by atoms with Crippen molar-refractivity contribution in [2.75, 3.05) is 11.9 Å². The third-order valence-electron chi connectivity index (χ3n) is 5.70. The zero-order chi connectivity index (χ0) is 28.3. The van der Waals surface area contributed by atoms with Crippen molar-refractivity contribution in [2.45, 2.75) is 25.2 Å². The average Bonchev–Trinajstić information content (AvgIpc) is 2.87. The molecule has 0 aliphatic rings. The van der Waals surface area contributed by atoms with Gasteiger partial charge in [0.15, 0.2) is 5.75 Å². The van der Waals surface area contributed by atoms with E-state index in [1.807, 2.05) is 6.92 Å². The van der Waals surface area contributed by atoms with Gasteiger partial charge in [0.2, 0.25) is 0 Å². The molecule has 12 heteroatoms. The number of carbonyl (C=O) groups is 1. The van der Waals surface area contributed by atoms with Gasteiger partial charge < -0.3 is 15.2 Å². The standard InChI is InChI=1S/C27H23Cl2N3O6S/c1-3-15-9-22(29)25(23(10-15)39(35,36)37)32-31-24-20-8-6-5-7-16(20)11-21(26(24)33)27(34)30-18-12-17(28)13-19(14-18)38-4-2/h5-14,33H,3-4H2,1-2H3,(H,30,34)(H,35,36,37). The van der Waals surface area contributed by atoms with Gasteiger partial charge in [-0.1, -0.05) is 54.4 Å². The third kappa shape index (κ3) is 6.31. The molecule has 202 valence electrons. The molecular weight excluding hydrogens is 565 g/mol. The van der Waals surface area contributed by atoms with Crippen molar-refractivity contribution < 1.29 is 27.6 Å². The van der Waals surface area contributed by atoms with E-state index in [-0.39, 0.29) is 22.0 Å². The second-order valence-corrected chi connectivity index (χ2v) is 10.6. The first-order chi connectivity index (χ1) is 18.5. The highest BCUT2D eigenvalue weighted by Gasteiger charge is 2.22. The van der Waals surface area contributed by atoms with E-state index in [0.717, 1.165) is 0 Å². The monoisotopic (exact) mass is 587 g/mol. The van der Waals surface area contributed by atoms with E-state index in [1.54, 1.807) is 43.3 Å². The predicted octanol–water partition coefficient (Wildman–Crippen LogP) is 7.73. The summed E-state index contributed by atoms with van der Waals surface area (Å²) in [6.45, 7) is 4.01. The maximum atomic E-state index is 13.2. The zero-order valence-corrected chi connectivity index (χ0v) is 23.1. The largest absolute Gasteiger partial charge is 0.505 e. The number of nitrogens with one attached hydrogen (secondary N) is 1. The predicted molar refractivity (Wildman–Crippen MR) is 151 cm³/mol. The van der Waals surface area contributed by atoms with Crippen LogP contribution in [-0.2, 0) is 16.5 Å². The molecule has 0 saturated carbocycles. The lowest BCUT2D eigenvalue weighted by atomic mass is 10.0. The maximum Gasteiger partial charge on any atom is 0.296 e. The molecule has 0 heterocycles. The van der Waals surface area contributed by atoms with Gasteiger partial charge >= 0.3 is 0 Å². The van der Waals surface area contributed by atoms with Crippen LogP contribution in [0.5, 0.6) is 11.5 Å². The molecule has 9 nitrogen and oxygen atoms in total. The van der Waals surface area contributed by atoms with Crippen LogP contribution in [0.1, 0.15) is 29.8 Å². The van der Waals surface area contributed by atoms with Gasteiger partial charge in [-0.2, -0.15) is 8.42 Å². The second kappa shape index (κ2) is 11.6. The lowest BCUT2D eigenvalue weighted by molar-refractivity contribution is 0.102. The minimum Gasteiger partial charge on any atom is -0.505 e. The third-order valence-corrected chi connectivity index (χ3v) is 7.08. The van der Waals surface area contributed by atoms with Crippen molar-refractivity contribution in [2.24, 2.45) is 10.2 Å². The van der Waals surface area contributed by atoms with Crippen LogP contribution in [0.3, 0.4) is 0 Å². The fourth-order valence-corrected chi connectivity index (χ4v) is 5.16. The number of benzene rings is 4. The van der Waals surface area contributed by atoms with Crippen LogP contribution < -0.4 is 10.1 Å².